The van der Waals surface area contributed by atoms with Crippen LogP contribution in [-0.2, 0) is 6.54 Å². The van der Waals surface area contributed by atoms with Crippen molar-refractivity contribution in [2.24, 2.45) is 0 Å². The highest BCUT2D eigenvalue weighted by Gasteiger charge is 2.23. The molecule has 0 radical (unpaired) electrons. The zero-order chi connectivity index (χ0) is 21.8. The zero-order valence-electron chi connectivity index (χ0n) is 18.1. The summed E-state index contributed by atoms with van der Waals surface area (Å²) < 4.78 is 36.3. The van der Waals surface area contributed by atoms with Gasteiger partial charge in [-0.25, -0.2) is 9.37 Å². The van der Waals surface area contributed by atoms with Gasteiger partial charge in [0.25, 0.3) is 0 Å². The molecule has 1 aliphatic heterocycles. The van der Waals surface area contributed by atoms with E-state index >= 15 is 0 Å². The number of halogens is 1. The third-order valence-electron chi connectivity index (χ3n) is 5.56. The van der Waals surface area contributed by atoms with Gasteiger partial charge in [0.2, 0.25) is 5.89 Å². The molecule has 0 atom stereocenters. The van der Waals surface area contributed by atoms with Crippen molar-refractivity contribution in [1.82, 2.24) is 9.88 Å². The number of para-hydroxylation sites is 1. The average molecular weight is 426 g/mol. The highest BCUT2D eigenvalue weighted by molar-refractivity contribution is 5.60. The molecule has 7 heteroatoms. The molecular weight excluding hydrogens is 399 g/mol. The molecule has 164 valence electrons. The molecular formula is C24H27FN2O4. The van der Waals surface area contributed by atoms with Crippen molar-refractivity contribution in [3.63, 3.8) is 0 Å². The number of rotatable bonds is 7. The maximum Gasteiger partial charge on any atom is 0.226 e. The van der Waals surface area contributed by atoms with Crippen LogP contribution in [0.1, 0.15) is 24.3 Å². The highest BCUT2D eigenvalue weighted by atomic mass is 19.1. The van der Waals surface area contributed by atoms with Crippen molar-refractivity contribution in [3.8, 4) is 28.7 Å². The van der Waals surface area contributed by atoms with E-state index in [1.54, 1.807) is 32.4 Å². The lowest BCUT2D eigenvalue weighted by Gasteiger charge is -2.31. The first-order valence-electron chi connectivity index (χ1n) is 10.4. The smallest absolute Gasteiger partial charge is 0.226 e. The van der Waals surface area contributed by atoms with E-state index in [9.17, 15) is 4.39 Å². The summed E-state index contributed by atoms with van der Waals surface area (Å²) in [6.45, 7) is 4.35. The molecule has 1 fully saturated rings. The van der Waals surface area contributed by atoms with Gasteiger partial charge in [-0.05, 0) is 50.1 Å². The predicted molar refractivity (Wildman–Crippen MR) is 115 cm³/mol. The minimum Gasteiger partial charge on any atom is -0.493 e. The number of benzene rings is 2. The van der Waals surface area contributed by atoms with Crippen LogP contribution in [0.25, 0.3) is 11.5 Å². The first-order valence-corrected chi connectivity index (χ1v) is 10.4. The van der Waals surface area contributed by atoms with Crippen LogP contribution in [0.5, 0.6) is 17.2 Å². The molecule has 0 unspecified atom stereocenters. The fourth-order valence-corrected chi connectivity index (χ4v) is 3.78. The lowest BCUT2D eigenvalue weighted by molar-refractivity contribution is 0.0927. The summed E-state index contributed by atoms with van der Waals surface area (Å²) in [6.07, 6.45) is 1.70. The lowest BCUT2D eigenvalue weighted by atomic mass is 10.1. The number of methoxy groups -OCH3 is 2. The first-order chi connectivity index (χ1) is 15.1. The molecule has 0 bridgehead atoms. The van der Waals surface area contributed by atoms with E-state index < -0.39 is 0 Å². The van der Waals surface area contributed by atoms with Crippen molar-refractivity contribution < 1.29 is 23.0 Å². The predicted octanol–water partition coefficient (Wildman–Crippen LogP) is 4.85. The standard InChI is InChI=1S/C24H27FN2O4/c1-16-20(26-24(30-16)17-8-9-22(28-2)23(14-17)29-3)15-27-12-10-18(11-13-27)31-21-7-5-4-6-19(21)25/h4-9,14,18H,10-13,15H2,1-3H3. The van der Waals surface area contributed by atoms with Crippen molar-refractivity contribution >= 4 is 0 Å². The molecule has 0 amide bonds. The molecule has 3 aromatic rings. The Morgan fingerprint density at radius 1 is 1.03 bits per heavy atom. The van der Waals surface area contributed by atoms with Crippen LogP contribution in [0.15, 0.2) is 46.9 Å². The quantitative estimate of drug-likeness (QED) is 0.538. The minimum atomic E-state index is -0.314. The number of nitrogens with zero attached hydrogens (tertiary/aromatic N) is 2. The number of aromatic nitrogens is 1. The first kappa shape index (κ1) is 21.2. The maximum atomic E-state index is 13.8. The minimum absolute atomic E-state index is 0.0221. The van der Waals surface area contributed by atoms with E-state index in [-0.39, 0.29) is 11.9 Å². The molecule has 0 spiro atoms. The summed E-state index contributed by atoms with van der Waals surface area (Å²) in [6, 6.07) is 12.2. The maximum absolute atomic E-state index is 13.8. The van der Waals surface area contributed by atoms with Crippen LogP contribution in [0, 0.1) is 12.7 Å². The molecule has 31 heavy (non-hydrogen) atoms. The Kier molecular flexibility index (Phi) is 6.42. The van der Waals surface area contributed by atoms with Crippen molar-refractivity contribution in [2.45, 2.75) is 32.4 Å². The van der Waals surface area contributed by atoms with E-state index in [2.05, 4.69) is 4.90 Å². The van der Waals surface area contributed by atoms with E-state index in [4.69, 9.17) is 23.6 Å². The van der Waals surface area contributed by atoms with Gasteiger partial charge in [0.1, 0.15) is 11.9 Å². The second-order valence-corrected chi connectivity index (χ2v) is 7.62. The lowest BCUT2D eigenvalue weighted by Crippen LogP contribution is -2.38. The SMILES string of the molecule is COc1ccc(-c2nc(CN3CCC(Oc4ccccc4F)CC3)c(C)o2)cc1OC. The number of oxazole rings is 1. The van der Waals surface area contributed by atoms with Gasteiger partial charge in [0.15, 0.2) is 23.1 Å². The molecule has 2 aromatic carbocycles. The second-order valence-electron chi connectivity index (χ2n) is 7.62. The monoisotopic (exact) mass is 426 g/mol. The zero-order valence-corrected chi connectivity index (χ0v) is 18.1. The van der Waals surface area contributed by atoms with Gasteiger partial charge in [0.05, 0.1) is 19.9 Å². The van der Waals surface area contributed by atoms with Gasteiger partial charge in [-0.3, -0.25) is 4.90 Å². The molecule has 2 heterocycles. The van der Waals surface area contributed by atoms with E-state index in [1.807, 2.05) is 25.1 Å². The Balaban J connectivity index is 1.38. The van der Waals surface area contributed by atoms with Gasteiger partial charge in [0, 0.05) is 25.2 Å². The molecule has 0 saturated carbocycles. The summed E-state index contributed by atoms with van der Waals surface area (Å²) in [4.78, 5) is 7.04. The Morgan fingerprint density at radius 3 is 2.48 bits per heavy atom. The van der Waals surface area contributed by atoms with Gasteiger partial charge in [-0.15, -0.1) is 0 Å². The van der Waals surface area contributed by atoms with Gasteiger partial charge in [-0.1, -0.05) is 12.1 Å². The molecule has 4 rings (SSSR count). The van der Waals surface area contributed by atoms with Gasteiger partial charge < -0.3 is 18.6 Å². The van der Waals surface area contributed by atoms with Crippen LogP contribution in [0.4, 0.5) is 4.39 Å². The van der Waals surface area contributed by atoms with Gasteiger partial charge in [-0.2, -0.15) is 0 Å². The fourth-order valence-electron chi connectivity index (χ4n) is 3.78. The van der Waals surface area contributed by atoms with Gasteiger partial charge >= 0.3 is 0 Å². The van der Waals surface area contributed by atoms with Crippen LogP contribution in [0.3, 0.4) is 0 Å². The number of likely N-dealkylation sites (tertiary alicyclic amines) is 1. The molecule has 6 nitrogen and oxygen atoms in total. The average Bonchev–Trinajstić information content (AvgIpc) is 3.16. The summed E-state index contributed by atoms with van der Waals surface area (Å²) in [5.74, 6) is 2.67. The second kappa shape index (κ2) is 9.39. The molecule has 1 aromatic heterocycles. The fraction of sp³-hybridized carbons (Fsp3) is 0.375. The largest absolute Gasteiger partial charge is 0.493 e. The summed E-state index contributed by atoms with van der Waals surface area (Å²) in [5, 5.41) is 0. The summed E-state index contributed by atoms with van der Waals surface area (Å²) in [5.41, 5.74) is 1.75. The number of ether oxygens (including phenoxy) is 3. The van der Waals surface area contributed by atoms with Crippen molar-refractivity contribution in [1.29, 1.82) is 0 Å². The van der Waals surface area contributed by atoms with Crippen LogP contribution < -0.4 is 14.2 Å². The number of hydrogen-bond acceptors (Lipinski definition) is 6. The van der Waals surface area contributed by atoms with Crippen molar-refractivity contribution in [2.75, 3.05) is 27.3 Å². The molecule has 1 aliphatic rings. The Morgan fingerprint density at radius 2 is 1.77 bits per heavy atom. The normalized spacial score (nSPS) is 15.1. The van der Waals surface area contributed by atoms with E-state index in [0.717, 1.165) is 42.9 Å². The Hall–Kier alpha value is -3.06. The van der Waals surface area contributed by atoms with E-state index in [0.29, 0.717) is 29.7 Å². The summed E-state index contributed by atoms with van der Waals surface area (Å²) >= 11 is 0. The highest BCUT2D eigenvalue weighted by Crippen LogP contribution is 2.33. The van der Waals surface area contributed by atoms with Crippen LogP contribution >= 0.6 is 0 Å². The third-order valence-corrected chi connectivity index (χ3v) is 5.56. The Bertz CT molecular complexity index is 1030. The van der Waals surface area contributed by atoms with Crippen molar-refractivity contribution in [3.05, 3.63) is 59.7 Å². The van der Waals surface area contributed by atoms with Crippen LogP contribution in [0.2, 0.25) is 0 Å². The number of hydrogen-bond donors (Lipinski definition) is 0. The molecule has 0 N–H and O–H groups in total. The molecule has 1 saturated heterocycles. The summed E-state index contributed by atoms with van der Waals surface area (Å²) in [7, 11) is 3.21. The third kappa shape index (κ3) is 4.82. The Labute approximate surface area is 181 Å². The topological polar surface area (TPSA) is 57.0 Å². The number of aryl methyl sites for hydroxylation is 1. The van der Waals surface area contributed by atoms with E-state index in [1.165, 1.54) is 6.07 Å². The van der Waals surface area contributed by atoms with Crippen LogP contribution in [-0.4, -0.2) is 43.3 Å². The number of piperidine rings is 1. The molecule has 0 aliphatic carbocycles.